The number of nitrogens with zero attached hydrogens (tertiary/aromatic N) is 5. The Balaban J connectivity index is 1.31. The van der Waals surface area contributed by atoms with Gasteiger partial charge in [-0.3, -0.25) is 9.69 Å². The fourth-order valence-corrected chi connectivity index (χ4v) is 3.41. The Kier molecular flexibility index (Phi) is 5.43. The van der Waals surface area contributed by atoms with Gasteiger partial charge in [0.2, 0.25) is 0 Å². The zero-order valence-corrected chi connectivity index (χ0v) is 15.5. The predicted molar refractivity (Wildman–Crippen MR) is 103 cm³/mol. The number of aromatic nitrogens is 3. The van der Waals surface area contributed by atoms with Crippen molar-refractivity contribution in [1.29, 1.82) is 0 Å². The average molecular weight is 379 g/mol. The van der Waals surface area contributed by atoms with Crippen LogP contribution in [0.3, 0.4) is 0 Å². The van der Waals surface area contributed by atoms with Gasteiger partial charge in [-0.05, 0) is 23.8 Å². The zero-order chi connectivity index (χ0) is 19.3. The lowest BCUT2D eigenvalue weighted by Gasteiger charge is -2.34. The van der Waals surface area contributed by atoms with Crippen LogP contribution in [0.5, 0.6) is 0 Å². The molecule has 1 amide bonds. The van der Waals surface area contributed by atoms with Crippen molar-refractivity contribution in [2.75, 3.05) is 26.2 Å². The number of piperazine rings is 1. The second-order valence-corrected chi connectivity index (χ2v) is 6.95. The van der Waals surface area contributed by atoms with Gasteiger partial charge in [0.1, 0.15) is 18.5 Å². The first kappa shape index (κ1) is 18.3. The molecule has 4 rings (SSSR count). The van der Waals surface area contributed by atoms with Crippen LogP contribution in [0, 0.1) is 5.82 Å². The topological polar surface area (TPSA) is 54.3 Å². The lowest BCUT2D eigenvalue weighted by molar-refractivity contribution is 0.0627. The molecule has 1 saturated heterocycles. The van der Waals surface area contributed by atoms with Crippen molar-refractivity contribution in [2.24, 2.45) is 0 Å². The first-order chi connectivity index (χ1) is 13.7. The van der Waals surface area contributed by atoms with E-state index < -0.39 is 0 Å². The third-order valence-electron chi connectivity index (χ3n) is 5.02. The first-order valence-corrected chi connectivity index (χ1v) is 9.35. The van der Waals surface area contributed by atoms with Crippen molar-refractivity contribution in [3.63, 3.8) is 0 Å². The Morgan fingerprint density at radius 1 is 0.964 bits per heavy atom. The molecule has 0 spiro atoms. The molecule has 28 heavy (non-hydrogen) atoms. The maximum atomic E-state index is 13.8. The third kappa shape index (κ3) is 4.26. The number of hydrogen-bond acceptors (Lipinski definition) is 4. The van der Waals surface area contributed by atoms with E-state index in [4.69, 9.17) is 0 Å². The minimum atomic E-state index is -0.174. The summed E-state index contributed by atoms with van der Waals surface area (Å²) < 4.78 is 15.6. The molecule has 1 aromatic heterocycles. The van der Waals surface area contributed by atoms with Crippen LogP contribution in [0.1, 0.15) is 21.5 Å². The summed E-state index contributed by atoms with van der Waals surface area (Å²) in [6.45, 7) is 3.98. The Hall–Kier alpha value is -3.06. The van der Waals surface area contributed by atoms with Crippen molar-refractivity contribution in [2.45, 2.75) is 13.1 Å². The van der Waals surface area contributed by atoms with Crippen LogP contribution >= 0.6 is 0 Å². The molecular weight excluding hydrogens is 357 g/mol. The van der Waals surface area contributed by atoms with E-state index in [0.717, 1.165) is 18.7 Å². The van der Waals surface area contributed by atoms with Gasteiger partial charge < -0.3 is 4.90 Å². The fraction of sp³-hybridized carbons (Fsp3) is 0.286. The van der Waals surface area contributed by atoms with Gasteiger partial charge in [0.15, 0.2) is 0 Å². The molecule has 0 atom stereocenters. The number of rotatable bonds is 5. The van der Waals surface area contributed by atoms with E-state index in [2.05, 4.69) is 15.0 Å². The standard InChI is InChI=1S/C21H22FN5O/c22-20-4-2-1-3-19(20)14-25-9-11-26(12-10-25)21(28)18-7-5-17(6-8-18)13-27-16-23-15-24-27/h1-8,15-16H,9-14H2. The van der Waals surface area contributed by atoms with Crippen molar-refractivity contribution < 1.29 is 9.18 Å². The quantitative estimate of drug-likeness (QED) is 0.683. The number of halogens is 1. The van der Waals surface area contributed by atoms with Crippen LogP contribution in [0.15, 0.2) is 61.2 Å². The smallest absolute Gasteiger partial charge is 0.253 e. The molecule has 2 heterocycles. The highest BCUT2D eigenvalue weighted by atomic mass is 19.1. The summed E-state index contributed by atoms with van der Waals surface area (Å²) in [4.78, 5) is 20.7. The summed E-state index contributed by atoms with van der Waals surface area (Å²) >= 11 is 0. The number of benzene rings is 2. The van der Waals surface area contributed by atoms with E-state index in [1.54, 1.807) is 17.1 Å². The largest absolute Gasteiger partial charge is 0.336 e. The molecule has 1 aliphatic rings. The molecule has 0 bridgehead atoms. The molecule has 0 unspecified atom stereocenters. The van der Waals surface area contributed by atoms with Crippen molar-refractivity contribution >= 4 is 5.91 Å². The molecule has 6 nitrogen and oxygen atoms in total. The van der Waals surface area contributed by atoms with Gasteiger partial charge in [0.25, 0.3) is 5.91 Å². The number of carbonyl (C=O) groups is 1. The Morgan fingerprint density at radius 2 is 1.71 bits per heavy atom. The van der Waals surface area contributed by atoms with Crippen molar-refractivity contribution in [1.82, 2.24) is 24.6 Å². The van der Waals surface area contributed by atoms with Crippen LogP contribution in [0.2, 0.25) is 0 Å². The molecule has 0 saturated carbocycles. The zero-order valence-electron chi connectivity index (χ0n) is 15.5. The maximum Gasteiger partial charge on any atom is 0.253 e. The molecule has 1 fully saturated rings. The number of amides is 1. The van der Waals surface area contributed by atoms with E-state index in [-0.39, 0.29) is 11.7 Å². The van der Waals surface area contributed by atoms with E-state index in [0.29, 0.717) is 37.3 Å². The average Bonchev–Trinajstić information content (AvgIpc) is 3.23. The molecule has 144 valence electrons. The Bertz CT molecular complexity index is 918. The second kappa shape index (κ2) is 8.31. The summed E-state index contributed by atoms with van der Waals surface area (Å²) in [5, 5.41) is 4.09. The SMILES string of the molecule is O=C(c1ccc(Cn2cncn2)cc1)N1CCN(Cc2ccccc2F)CC1. The highest BCUT2D eigenvalue weighted by molar-refractivity contribution is 5.94. The lowest BCUT2D eigenvalue weighted by Crippen LogP contribution is -2.48. The molecule has 7 heteroatoms. The molecule has 1 aliphatic heterocycles. The van der Waals surface area contributed by atoms with E-state index in [9.17, 15) is 9.18 Å². The summed E-state index contributed by atoms with van der Waals surface area (Å²) in [6, 6.07) is 14.5. The van der Waals surface area contributed by atoms with Gasteiger partial charge >= 0.3 is 0 Å². The maximum absolute atomic E-state index is 13.8. The minimum absolute atomic E-state index is 0.0397. The van der Waals surface area contributed by atoms with Gasteiger partial charge in [-0.1, -0.05) is 30.3 Å². The molecular formula is C21H22FN5O. The minimum Gasteiger partial charge on any atom is -0.336 e. The first-order valence-electron chi connectivity index (χ1n) is 9.35. The molecule has 0 aliphatic carbocycles. The van der Waals surface area contributed by atoms with E-state index >= 15 is 0 Å². The van der Waals surface area contributed by atoms with Gasteiger partial charge in [0.05, 0.1) is 6.54 Å². The van der Waals surface area contributed by atoms with Gasteiger partial charge in [-0.2, -0.15) is 5.10 Å². The van der Waals surface area contributed by atoms with E-state index in [1.165, 1.54) is 12.4 Å². The highest BCUT2D eigenvalue weighted by Gasteiger charge is 2.22. The van der Waals surface area contributed by atoms with Crippen LogP contribution < -0.4 is 0 Å². The fourth-order valence-electron chi connectivity index (χ4n) is 3.41. The van der Waals surface area contributed by atoms with Crippen molar-refractivity contribution in [3.05, 3.63) is 83.7 Å². The van der Waals surface area contributed by atoms with Crippen molar-refractivity contribution in [3.8, 4) is 0 Å². The number of hydrogen-bond donors (Lipinski definition) is 0. The summed E-state index contributed by atoms with van der Waals surface area (Å²) in [5.41, 5.74) is 2.45. The van der Waals surface area contributed by atoms with Crippen LogP contribution in [-0.2, 0) is 13.1 Å². The van der Waals surface area contributed by atoms with E-state index in [1.807, 2.05) is 41.3 Å². The highest BCUT2D eigenvalue weighted by Crippen LogP contribution is 2.14. The summed E-state index contributed by atoms with van der Waals surface area (Å²) in [5.74, 6) is -0.134. The Labute approximate surface area is 163 Å². The summed E-state index contributed by atoms with van der Waals surface area (Å²) in [7, 11) is 0. The summed E-state index contributed by atoms with van der Waals surface area (Å²) in [6.07, 6.45) is 3.17. The normalized spacial score (nSPS) is 15.0. The molecule has 0 radical (unpaired) electrons. The van der Waals surface area contributed by atoms with Gasteiger partial charge in [-0.25, -0.2) is 14.1 Å². The molecule has 3 aromatic rings. The molecule has 0 N–H and O–H groups in total. The van der Waals surface area contributed by atoms with Gasteiger partial charge in [0, 0.05) is 43.9 Å². The Morgan fingerprint density at radius 3 is 2.39 bits per heavy atom. The molecule has 2 aromatic carbocycles. The van der Waals surface area contributed by atoms with Gasteiger partial charge in [-0.15, -0.1) is 0 Å². The van der Waals surface area contributed by atoms with Crippen LogP contribution in [-0.4, -0.2) is 56.7 Å². The lowest BCUT2D eigenvalue weighted by atomic mass is 10.1. The monoisotopic (exact) mass is 379 g/mol. The third-order valence-corrected chi connectivity index (χ3v) is 5.02. The second-order valence-electron chi connectivity index (χ2n) is 6.95. The number of carbonyl (C=O) groups excluding carboxylic acids is 1. The predicted octanol–water partition coefficient (Wildman–Crippen LogP) is 2.42. The van der Waals surface area contributed by atoms with Crippen LogP contribution in [0.25, 0.3) is 0 Å². The van der Waals surface area contributed by atoms with Crippen LogP contribution in [0.4, 0.5) is 4.39 Å².